The lowest BCUT2D eigenvalue weighted by atomic mass is 10.1. The minimum atomic E-state index is -0.796. The second-order valence-electron chi connectivity index (χ2n) is 13.7. The van der Waals surface area contributed by atoms with E-state index in [1.807, 2.05) is 0 Å². The van der Waals surface area contributed by atoms with Gasteiger partial charge in [0.15, 0.2) is 6.10 Å². The highest BCUT2D eigenvalue weighted by atomic mass is 16.6. The topological polar surface area (TPSA) is 72.8 Å². The minimum absolute atomic E-state index is 0.0907. The van der Waals surface area contributed by atoms with Crippen LogP contribution in [0, 0.1) is 0 Å². The van der Waals surface area contributed by atoms with E-state index in [1.54, 1.807) is 0 Å². The second-order valence-corrected chi connectivity index (χ2v) is 13.7. The van der Waals surface area contributed by atoms with Crippen molar-refractivity contribution in [2.45, 2.75) is 174 Å². The smallest absolute Gasteiger partial charge is 0.306 e. The van der Waals surface area contributed by atoms with Gasteiger partial charge < -0.3 is 14.6 Å². The van der Waals surface area contributed by atoms with Crippen molar-refractivity contribution < 1.29 is 24.2 Å². The van der Waals surface area contributed by atoms with Crippen molar-refractivity contribution in [1.82, 2.24) is 0 Å². The van der Waals surface area contributed by atoms with Crippen LogP contribution in [0.3, 0.4) is 0 Å². The van der Waals surface area contributed by atoms with Crippen LogP contribution in [-0.2, 0) is 19.1 Å². The lowest BCUT2D eigenvalue weighted by molar-refractivity contribution is -0.161. The number of rotatable bonds is 37. The Balaban J connectivity index is 3.65. The molecule has 304 valence electrons. The van der Waals surface area contributed by atoms with E-state index < -0.39 is 6.10 Å². The molecular weight excluding hydrogens is 669 g/mol. The van der Waals surface area contributed by atoms with Crippen LogP contribution < -0.4 is 0 Å². The predicted molar refractivity (Wildman–Crippen MR) is 232 cm³/mol. The molecule has 54 heavy (non-hydrogen) atoms. The number of esters is 2. The predicted octanol–water partition coefficient (Wildman–Crippen LogP) is 13.8. The number of carbonyl (C=O) groups is 2. The fourth-order valence-corrected chi connectivity index (χ4v) is 5.39. The number of unbranched alkanes of at least 4 members (excludes halogenated alkanes) is 11. The normalized spacial score (nSPS) is 13.3. The molecule has 0 aromatic rings. The first-order chi connectivity index (χ1) is 26.6. The number of carbonyl (C=O) groups excluding carboxylic acids is 2. The molecule has 0 aliphatic heterocycles. The molecule has 0 fully saturated rings. The third-order valence-corrected chi connectivity index (χ3v) is 8.56. The fourth-order valence-electron chi connectivity index (χ4n) is 5.39. The Hall–Kier alpha value is -3.44. The third-order valence-electron chi connectivity index (χ3n) is 8.56. The molecule has 0 aliphatic carbocycles. The third kappa shape index (κ3) is 41.3. The van der Waals surface area contributed by atoms with Crippen LogP contribution in [0.4, 0.5) is 0 Å². The van der Waals surface area contributed by atoms with E-state index in [0.717, 1.165) is 116 Å². The first-order valence-electron chi connectivity index (χ1n) is 21.4. The second kappa shape index (κ2) is 44.0. The quantitative estimate of drug-likeness (QED) is 0.0389. The molecule has 0 aromatic heterocycles. The maximum absolute atomic E-state index is 12.2. The largest absolute Gasteiger partial charge is 0.462 e. The van der Waals surface area contributed by atoms with E-state index in [1.165, 1.54) is 25.7 Å². The van der Waals surface area contributed by atoms with Gasteiger partial charge >= 0.3 is 11.9 Å². The van der Waals surface area contributed by atoms with Gasteiger partial charge in [0.2, 0.25) is 0 Å². The van der Waals surface area contributed by atoms with Crippen molar-refractivity contribution in [2.75, 3.05) is 13.2 Å². The molecule has 0 amide bonds. The number of hydrogen-bond donors (Lipinski definition) is 1. The van der Waals surface area contributed by atoms with Crippen LogP contribution in [0.1, 0.15) is 168 Å². The van der Waals surface area contributed by atoms with Gasteiger partial charge in [-0.15, -0.1) is 0 Å². The molecule has 1 unspecified atom stereocenters. The van der Waals surface area contributed by atoms with Crippen molar-refractivity contribution in [3.05, 3.63) is 109 Å². The molecule has 5 heteroatoms. The average Bonchev–Trinajstić information content (AvgIpc) is 3.17. The molecule has 5 nitrogen and oxygen atoms in total. The summed E-state index contributed by atoms with van der Waals surface area (Å²) in [6.45, 7) is 3.86. The molecule has 0 heterocycles. The monoisotopic (exact) mass is 747 g/mol. The molecule has 0 rings (SSSR count). The van der Waals surface area contributed by atoms with Crippen molar-refractivity contribution in [1.29, 1.82) is 0 Å². The number of allylic oxidation sites excluding steroid dienone is 18. The maximum Gasteiger partial charge on any atom is 0.306 e. The van der Waals surface area contributed by atoms with Gasteiger partial charge in [-0.05, 0) is 96.3 Å². The standard InChI is InChI=1S/C49H78O5/c1-3-5-7-9-11-13-15-17-19-21-22-23-24-25-26-28-30-32-34-36-38-40-42-44-49(52)54-47(45-50)46-53-48(51)43-41-39-37-35-33-31-29-27-20-18-16-14-12-10-8-6-4-2/h5-8,11-14,17-20,22-23,25-26,29,31,47,50H,3-4,9-10,15-16,21,24,27-28,30,32-46H2,1-2H3/b7-5-,8-6-,13-11-,14-12-,19-17-,20-18-,23-22-,26-25-,31-29-. The average molecular weight is 747 g/mol. The molecule has 0 aromatic carbocycles. The SMILES string of the molecule is CC/C=C\C/C=C\C/C=C\C/C=C\C/C=C\CCCCCCCCCC(=O)OC(CO)COC(=O)CCCCCC/C=C\C/C=C\C/C=C\C/C=C\CC. The van der Waals surface area contributed by atoms with Crippen LogP contribution in [0.15, 0.2) is 109 Å². The lowest BCUT2D eigenvalue weighted by Crippen LogP contribution is -2.28. The van der Waals surface area contributed by atoms with Gasteiger partial charge in [-0.3, -0.25) is 9.59 Å². The summed E-state index contributed by atoms with van der Waals surface area (Å²) in [4.78, 5) is 24.3. The van der Waals surface area contributed by atoms with Crippen molar-refractivity contribution in [2.24, 2.45) is 0 Å². The first kappa shape index (κ1) is 50.6. The Morgan fingerprint density at radius 2 is 0.741 bits per heavy atom. The zero-order chi connectivity index (χ0) is 39.3. The summed E-state index contributed by atoms with van der Waals surface area (Å²) >= 11 is 0. The van der Waals surface area contributed by atoms with Gasteiger partial charge in [0, 0.05) is 12.8 Å². The highest BCUT2D eigenvalue weighted by molar-refractivity contribution is 5.70. The van der Waals surface area contributed by atoms with Crippen molar-refractivity contribution in [3.8, 4) is 0 Å². The van der Waals surface area contributed by atoms with Crippen molar-refractivity contribution in [3.63, 3.8) is 0 Å². The van der Waals surface area contributed by atoms with Gasteiger partial charge in [0.1, 0.15) is 6.61 Å². The summed E-state index contributed by atoms with van der Waals surface area (Å²) in [6.07, 6.45) is 62.9. The summed E-state index contributed by atoms with van der Waals surface area (Å²) in [7, 11) is 0. The molecule has 0 saturated carbocycles. The molecule has 1 N–H and O–H groups in total. The molecule has 0 spiro atoms. The van der Waals surface area contributed by atoms with E-state index >= 15 is 0 Å². The minimum Gasteiger partial charge on any atom is -0.462 e. The summed E-state index contributed by atoms with van der Waals surface area (Å²) < 4.78 is 10.6. The Labute approximate surface area is 331 Å². The Morgan fingerprint density at radius 1 is 0.426 bits per heavy atom. The van der Waals surface area contributed by atoms with Crippen LogP contribution in [0.25, 0.3) is 0 Å². The fraction of sp³-hybridized carbons (Fsp3) is 0.592. The molecule has 0 radical (unpaired) electrons. The van der Waals surface area contributed by atoms with Crippen LogP contribution in [-0.4, -0.2) is 36.4 Å². The van der Waals surface area contributed by atoms with E-state index in [0.29, 0.717) is 12.8 Å². The zero-order valence-corrected chi connectivity index (χ0v) is 34.4. The summed E-state index contributed by atoms with van der Waals surface area (Å²) in [5.41, 5.74) is 0. The number of aliphatic hydroxyl groups excluding tert-OH is 1. The van der Waals surface area contributed by atoms with E-state index in [-0.39, 0.29) is 25.2 Å². The molecule has 1 atom stereocenters. The van der Waals surface area contributed by atoms with E-state index in [2.05, 4.69) is 123 Å². The van der Waals surface area contributed by atoms with Crippen LogP contribution in [0.5, 0.6) is 0 Å². The number of aliphatic hydroxyl groups is 1. The van der Waals surface area contributed by atoms with Crippen LogP contribution >= 0.6 is 0 Å². The Kier molecular flexibility index (Phi) is 41.2. The first-order valence-corrected chi connectivity index (χ1v) is 21.4. The zero-order valence-electron chi connectivity index (χ0n) is 34.4. The Bertz CT molecular complexity index is 1120. The van der Waals surface area contributed by atoms with Crippen LogP contribution in [0.2, 0.25) is 0 Å². The summed E-state index contributed by atoms with van der Waals surface area (Å²) in [5.74, 6) is -0.642. The highest BCUT2D eigenvalue weighted by Crippen LogP contribution is 2.12. The highest BCUT2D eigenvalue weighted by Gasteiger charge is 2.16. The van der Waals surface area contributed by atoms with Gasteiger partial charge in [-0.2, -0.15) is 0 Å². The van der Waals surface area contributed by atoms with Gasteiger partial charge in [-0.25, -0.2) is 0 Å². The maximum atomic E-state index is 12.2. The summed E-state index contributed by atoms with van der Waals surface area (Å²) in [6, 6.07) is 0. The number of ether oxygens (including phenoxy) is 2. The van der Waals surface area contributed by atoms with E-state index in [4.69, 9.17) is 9.47 Å². The van der Waals surface area contributed by atoms with Crippen molar-refractivity contribution >= 4 is 11.9 Å². The number of hydrogen-bond acceptors (Lipinski definition) is 5. The van der Waals surface area contributed by atoms with Gasteiger partial charge in [0.25, 0.3) is 0 Å². The van der Waals surface area contributed by atoms with Gasteiger partial charge in [-0.1, -0.05) is 168 Å². The molecule has 0 bridgehead atoms. The lowest BCUT2D eigenvalue weighted by Gasteiger charge is -2.15. The molecule has 0 saturated heterocycles. The Morgan fingerprint density at radius 3 is 1.11 bits per heavy atom. The molecule has 0 aliphatic rings. The summed E-state index contributed by atoms with van der Waals surface area (Å²) in [5, 5.41) is 9.58. The molecular formula is C49H78O5. The van der Waals surface area contributed by atoms with Gasteiger partial charge in [0.05, 0.1) is 6.61 Å². The van der Waals surface area contributed by atoms with E-state index in [9.17, 15) is 14.7 Å².